The molecule has 1 heterocycles. The van der Waals surface area contributed by atoms with Gasteiger partial charge in [-0.2, -0.15) is 0 Å². The first-order chi connectivity index (χ1) is 8.53. The summed E-state index contributed by atoms with van der Waals surface area (Å²) in [6, 6.07) is 1.95. The SMILES string of the molecule is CC1(F)CC(NC(=O)c2cc3c([nH]2)CCCC3)C1. The molecular weight excluding hydrogens is 231 g/mol. The monoisotopic (exact) mass is 250 g/mol. The molecule has 1 amide bonds. The van der Waals surface area contributed by atoms with Crippen LogP contribution in [0.4, 0.5) is 4.39 Å². The lowest BCUT2D eigenvalue weighted by molar-refractivity contribution is 0.0444. The quantitative estimate of drug-likeness (QED) is 0.832. The molecule has 1 aromatic rings. The second-order valence-electron chi connectivity index (χ2n) is 5.89. The Hall–Kier alpha value is -1.32. The van der Waals surface area contributed by atoms with Crippen molar-refractivity contribution in [3.8, 4) is 0 Å². The maximum absolute atomic E-state index is 13.3. The minimum Gasteiger partial charge on any atom is -0.354 e. The highest BCUT2D eigenvalue weighted by atomic mass is 19.1. The Bertz CT molecular complexity index is 447. The van der Waals surface area contributed by atoms with Crippen LogP contribution in [-0.4, -0.2) is 22.6 Å². The molecule has 1 fully saturated rings. The largest absolute Gasteiger partial charge is 0.354 e. The van der Waals surface area contributed by atoms with Crippen molar-refractivity contribution in [3.63, 3.8) is 0 Å². The molecule has 0 aromatic carbocycles. The lowest BCUT2D eigenvalue weighted by Gasteiger charge is -2.38. The van der Waals surface area contributed by atoms with Crippen molar-refractivity contribution in [2.24, 2.45) is 0 Å². The number of carbonyl (C=O) groups excluding carboxylic acids is 1. The Balaban J connectivity index is 1.64. The topological polar surface area (TPSA) is 44.9 Å². The highest BCUT2D eigenvalue weighted by Crippen LogP contribution is 2.35. The molecule has 2 aliphatic rings. The van der Waals surface area contributed by atoms with Crippen molar-refractivity contribution in [1.29, 1.82) is 0 Å². The molecule has 0 saturated heterocycles. The molecule has 0 aliphatic heterocycles. The van der Waals surface area contributed by atoms with Gasteiger partial charge in [0.2, 0.25) is 0 Å². The van der Waals surface area contributed by atoms with Gasteiger partial charge in [0.25, 0.3) is 5.91 Å². The Labute approximate surface area is 106 Å². The van der Waals surface area contributed by atoms with E-state index in [1.165, 1.54) is 24.1 Å². The number of alkyl halides is 1. The zero-order chi connectivity index (χ0) is 12.8. The maximum Gasteiger partial charge on any atom is 0.267 e. The van der Waals surface area contributed by atoms with Crippen molar-refractivity contribution < 1.29 is 9.18 Å². The summed E-state index contributed by atoms with van der Waals surface area (Å²) in [7, 11) is 0. The number of nitrogens with one attached hydrogen (secondary N) is 2. The van der Waals surface area contributed by atoms with Crippen LogP contribution in [0.1, 0.15) is 54.4 Å². The lowest BCUT2D eigenvalue weighted by atomic mass is 9.79. The number of halogens is 1. The first-order valence-corrected chi connectivity index (χ1v) is 6.74. The minimum absolute atomic E-state index is 0.00664. The molecule has 0 unspecified atom stereocenters. The van der Waals surface area contributed by atoms with Gasteiger partial charge >= 0.3 is 0 Å². The van der Waals surface area contributed by atoms with E-state index in [1.54, 1.807) is 6.92 Å². The summed E-state index contributed by atoms with van der Waals surface area (Å²) in [5, 5.41) is 2.89. The first kappa shape index (κ1) is 11.8. The number of amides is 1. The van der Waals surface area contributed by atoms with Crippen LogP contribution in [0.15, 0.2) is 6.07 Å². The fourth-order valence-electron chi connectivity index (χ4n) is 3.06. The van der Waals surface area contributed by atoms with Crippen molar-refractivity contribution >= 4 is 5.91 Å². The molecule has 18 heavy (non-hydrogen) atoms. The van der Waals surface area contributed by atoms with E-state index < -0.39 is 5.67 Å². The van der Waals surface area contributed by atoms with Crippen LogP contribution in [0.3, 0.4) is 0 Å². The predicted molar refractivity (Wildman–Crippen MR) is 67.4 cm³/mol. The van der Waals surface area contributed by atoms with E-state index in [0.717, 1.165) is 12.8 Å². The van der Waals surface area contributed by atoms with Crippen LogP contribution in [-0.2, 0) is 12.8 Å². The molecule has 2 N–H and O–H groups in total. The summed E-state index contributed by atoms with van der Waals surface area (Å²) in [5.74, 6) is -0.0927. The Morgan fingerprint density at radius 3 is 2.83 bits per heavy atom. The van der Waals surface area contributed by atoms with Gasteiger partial charge in [-0.1, -0.05) is 0 Å². The summed E-state index contributed by atoms with van der Waals surface area (Å²) >= 11 is 0. The molecule has 0 spiro atoms. The second kappa shape index (κ2) is 4.11. The summed E-state index contributed by atoms with van der Waals surface area (Å²) in [4.78, 5) is 15.2. The van der Waals surface area contributed by atoms with Crippen molar-refractivity contribution in [3.05, 3.63) is 23.0 Å². The number of aromatic nitrogens is 1. The van der Waals surface area contributed by atoms with Crippen LogP contribution in [0, 0.1) is 0 Å². The van der Waals surface area contributed by atoms with Crippen molar-refractivity contribution in [1.82, 2.24) is 10.3 Å². The molecule has 3 rings (SSSR count). The van der Waals surface area contributed by atoms with E-state index >= 15 is 0 Å². The zero-order valence-corrected chi connectivity index (χ0v) is 10.7. The van der Waals surface area contributed by atoms with E-state index in [4.69, 9.17) is 0 Å². The second-order valence-corrected chi connectivity index (χ2v) is 5.89. The summed E-state index contributed by atoms with van der Waals surface area (Å²) in [5.41, 5.74) is 2.02. The number of hydrogen-bond acceptors (Lipinski definition) is 1. The first-order valence-electron chi connectivity index (χ1n) is 6.74. The van der Waals surface area contributed by atoms with Crippen LogP contribution in [0.2, 0.25) is 0 Å². The predicted octanol–water partition coefficient (Wildman–Crippen LogP) is 2.51. The van der Waals surface area contributed by atoms with Crippen LogP contribution in [0.25, 0.3) is 0 Å². The standard InChI is InChI=1S/C14H19FN2O/c1-14(15)7-10(8-14)16-13(18)12-6-9-4-2-3-5-11(9)17-12/h6,10,17H,2-5,7-8H2,1H3,(H,16,18). The van der Waals surface area contributed by atoms with Crippen molar-refractivity contribution in [2.45, 2.75) is 57.2 Å². The van der Waals surface area contributed by atoms with Gasteiger partial charge in [0.05, 0.1) is 0 Å². The summed E-state index contributed by atoms with van der Waals surface area (Å²) in [6.45, 7) is 1.59. The Morgan fingerprint density at radius 2 is 2.17 bits per heavy atom. The number of hydrogen-bond donors (Lipinski definition) is 2. The molecule has 0 bridgehead atoms. The maximum atomic E-state index is 13.3. The van der Waals surface area contributed by atoms with Crippen LogP contribution < -0.4 is 5.32 Å². The third-order valence-electron chi connectivity index (χ3n) is 4.04. The van der Waals surface area contributed by atoms with E-state index in [2.05, 4.69) is 10.3 Å². The number of rotatable bonds is 2. The van der Waals surface area contributed by atoms with Gasteiger partial charge in [-0.3, -0.25) is 4.79 Å². The van der Waals surface area contributed by atoms with Gasteiger partial charge in [0.1, 0.15) is 11.4 Å². The highest BCUT2D eigenvalue weighted by molar-refractivity contribution is 5.93. The van der Waals surface area contributed by atoms with Crippen LogP contribution in [0.5, 0.6) is 0 Å². The van der Waals surface area contributed by atoms with E-state index in [-0.39, 0.29) is 11.9 Å². The molecule has 0 radical (unpaired) electrons. The average Bonchev–Trinajstić information content (AvgIpc) is 2.70. The van der Waals surface area contributed by atoms with Gasteiger partial charge in [0, 0.05) is 24.6 Å². The van der Waals surface area contributed by atoms with E-state index in [9.17, 15) is 9.18 Å². The third kappa shape index (κ3) is 2.16. The molecule has 3 nitrogen and oxygen atoms in total. The fourth-order valence-corrected chi connectivity index (χ4v) is 3.06. The molecule has 1 aromatic heterocycles. The van der Waals surface area contributed by atoms with Crippen LogP contribution >= 0.6 is 0 Å². The number of carbonyl (C=O) groups is 1. The summed E-state index contributed by atoms with van der Waals surface area (Å²) < 4.78 is 13.3. The third-order valence-corrected chi connectivity index (χ3v) is 4.04. The Kier molecular flexibility index (Phi) is 2.68. The molecule has 98 valence electrons. The van der Waals surface area contributed by atoms with Gasteiger partial charge in [0.15, 0.2) is 0 Å². The van der Waals surface area contributed by atoms with Gasteiger partial charge in [-0.15, -0.1) is 0 Å². The van der Waals surface area contributed by atoms with E-state index in [0.29, 0.717) is 18.5 Å². The highest BCUT2D eigenvalue weighted by Gasteiger charge is 2.41. The normalized spacial score (nSPS) is 30.4. The van der Waals surface area contributed by atoms with Gasteiger partial charge in [-0.05, 0) is 44.2 Å². The molecule has 2 aliphatic carbocycles. The fraction of sp³-hybridized carbons (Fsp3) is 0.643. The minimum atomic E-state index is -1.09. The van der Waals surface area contributed by atoms with Gasteiger partial charge < -0.3 is 10.3 Å². The lowest BCUT2D eigenvalue weighted by Crippen LogP contribution is -2.51. The van der Waals surface area contributed by atoms with Gasteiger partial charge in [-0.25, -0.2) is 4.39 Å². The number of fused-ring (bicyclic) bond motifs is 1. The summed E-state index contributed by atoms with van der Waals surface area (Å²) in [6.07, 6.45) is 5.35. The van der Waals surface area contributed by atoms with Crippen molar-refractivity contribution in [2.75, 3.05) is 0 Å². The zero-order valence-electron chi connectivity index (χ0n) is 10.7. The molecular formula is C14H19FN2O. The number of aromatic amines is 1. The number of H-pyrrole nitrogens is 1. The molecule has 1 saturated carbocycles. The number of aryl methyl sites for hydroxylation is 2. The van der Waals surface area contributed by atoms with E-state index in [1.807, 2.05) is 6.07 Å². The Morgan fingerprint density at radius 1 is 1.44 bits per heavy atom. The average molecular weight is 250 g/mol. The molecule has 0 atom stereocenters. The smallest absolute Gasteiger partial charge is 0.267 e. The molecule has 4 heteroatoms.